The molecule has 0 bridgehead atoms. The van der Waals surface area contributed by atoms with E-state index in [4.69, 9.17) is 0 Å². The minimum atomic E-state index is 0.368. The van der Waals surface area contributed by atoms with E-state index in [0.29, 0.717) is 11.3 Å². The van der Waals surface area contributed by atoms with Crippen LogP contribution in [0.4, 0.5) is 22.7 Å². The smallest absolute Gasteiger partial charge is 0.0517 e. The highest BCUT2D eigenvalue weighted by Gasteiger charge is 2.30. The van der Waals surface area contributed by atoms with Crippen molar-refractivity contribution >= 4 is 46.7 Å². The maximum absolute atomic E-state index is 2.60. The van der Waals surface area contributed by atoms with Gasteiger partial charge in [0.15, 0.2) is 0 Å². The normalized spacial score (nSPS) is 18.9. The van der Waals surface area contributed by atoms with Gasteiger partial charge in [0.2, 0.25) is 0 Å². The topological polar surface area (TPSA) is 6.48 Å². The van der Waals surface area contributed by atoms with Crippen LogP contribution < -0.4 is 9.80 Å². The molecule has 7 rings (SSSR count). The Morgan fingerprint density at radius 2 is 1.51 bits per heavy atom. The van der Waals surface area contributed by atoms with E-state index in [0.717, 1.165) is 18.7 Å². The van der Waals surface area contributed by atoms with Crippen molar-refractivity contribution in [2.24, 2.45) is 0 Å². The molecule has 0 spiro atoms. The Kier molecular flexibility index (Phi) is 7.69. The largest absolute Gasteiger partial charge is 0.341 e. The number of para-hydroxylation sites is 2. The molecule has 0 aromatic heterocycles. The molecule has 2 atom stereocenters. The molecule has 0 fully saturated rings. The molecule has 3 aliphatic rings. The van der Waals surface area contributed by atoms with Crippen molar-refractivity contribution in [2.45, 2.75) is 70.4 Å². The van der Waals surface area contributed by atoms with Gasteiger partial charge in [-0.3, -0.25) is 0 Å². The first kappa shape index (κ1) is 28.1. The fraction of sp³-hybridized carbons (Fsp3) is 0.300. The van der Waals surface area contributed by atoms with E-state index in [9.17, 15) is 0 Å². The number of hydrogen-bond donors (Lipinski definition) is 0. The third kappa shape index (κ3) is 5.23. The van der Waals surface area contributed by atoms with Crippen molar-refractivity contribution in [1.29, 1.82) is 0 Å². The number of anilines is 4. The summed E-state index contributed by atoms with van der Waals surface area (Å²) in [5.74, 6) is 0.975. The summed E-state index contributed by atoms with van der Waals surface area (Å²) in [6.07, 6.45) is 9.57. The average Bonchev–Trinajstić information content (AvgIpc) is 3.35. The van der Waals surface area contributed by atoms with Crippen molar-refractivity contribution < 1.29 is 0 Å². The fourth-order valence-electron chi connectivity index (χ4n) is 7.36. The molecule has 2 heterocycles. The lowest BCUT2D eigenvalue weighted by Crippen LogP contribution is -2.33. The molecular formula is C40H42N2S. The predicted molar refractivity (Wildman–Crippen MR) is 188 cm³/mol. The monoisotopic (exact) mass is 582 g/mol. The zero-order chi connectivity index (χ0) is 29.5. The van der Waals surface area contributed by atoms with E-state index in [1.165, 1.54) is 86.5 Å². The second kappa shape index (κ2) is 11.8. The van der Waals surface area contributed by atoms with Gasteiger partial charge in [-0.2, -0.15) is 0 Å². The average molecular weight is 583 g/mol. The van der Waals surface area contributed by atoms with Gasteiger partial charge in [0, 0.05) is 52.2 Å². The van der Waals surface area contributed by atoms with Crippen molar-refractivity contribution in [1.82, 2.24) is 0 Å². The van der Waals surface area contributed by atoms with Gasteiger partial charge < -0.3 is 9.80 Å². The number of hydrogen-bond acceptors (Lipinski definition) is 3. The molecule has 0 N–H and O–H groups in total. The minimum absolute atomic E-state index is 0.368. The summed E-state index contributed by atoms with van der Waals surface area (Å²) >= 11 is 2.08. The number of fused-ring (bicyclic) bond motifs is 3. The lowest BCUT2D eigenvalue weighted by molar-refractivity contribution is 0.618. The van der Waals surface area contributed by atoms with Crippen molar-refractivity contribution in [3.05, 3.63) is 129 Å². The lowest BCUT2D eigenvalue weighted by Gasteiger charge is -2.38. The van der Waals surface area contributed by atoms with Gasteiger partial charge in [0.05, 0.1) is 5.25 Å². The zero-order valence-corrected chi connectivity index (χ0v) is 26.8. The van der Waals surface area contributed by atoms with Crippen LogP contribution in [0, 0.1) is 0 Å². The highest BCUT2D eigenvalue weighted by molar-refractivity contribution is 7.99. The summed E-state index contributed by atoms with van der Waals surface area (Å²) < 4.78 is 0. The van der Waals surface area contributed by atoms with E-state index >= 15 is 0 Å². The van der Waals surface area contributed by atoms with Gasteiger partial charge in [0.25, 0.3) is 0 Å². The van der Waals surface area contributed by atoms with Crippen LogP contribution in [0.2, 0.25) is 0 Å². The van der Waals surface area contributed by atoms with Crippen molar-refractivity contribution in [2.75, 3.05) is 16.3 Å². The molecule has 0 saturated heterocycles. The van der Waals surface area contributed by atoms with Crippen LogP contribution >= 0.6 is 11.8 Å². The van der Waals surface area contributed by atoms with Crippen LogP contribution in [0.15, 0.2) is 96.1 Å². The standard InChI is InChI=1S/C40H42N2S/c1-27(2)24-34-32(14-9-20-39(34)42-29(4)21-22-31-13-6-8-18-37(31)42)26-43-40-28(3)25-35-33(40)16-10-19-38(35)41-23-11-15-30-12-5-7-17-36(30)41/h5-10,12-14,16-20,24-25,29,40H,11,15,21-23,26H2,1-4H3. The Morgan fingerprint density at radius 3 is 2.33 bits per heavy atom. The quantitative estimate of drug-likeness (QED) is 0.223. The predicted octanol–water partition coefficient (Wildman–Crippen LogP) is 11.1. The molecule has 218 valence electrons. The van der Waals surface area contributed by atoms with E-state index in [2.05, 4.69) is 146 Å². The van der Waals surface area contributed by atoms with Gasteiger partial charge in [-0.25, -0.2) is 0 Å². The van der Waals surface area contributed by atoms with Crippen LogP contribution in [0.3, 0.4) is 0 Å². The van der Waals surface area contributed by atoms with Crippen LogP contribution in [0.1, 0.15) is 79.2 Å². The molecule has 2 nitrogen and oxygen atoms in total. The number of aryl methyl sites for hydroxylation is 2. The summed E-state index contributed by atoms with van der Waals surface area (Å²) in [6.45, 7) is 10.2. The molecule has 1 aliphatic carbocycles. The molecular weight excluding hydrogens is 541 g/mol. The third-order valence-electron chi connectivity index (χ3n) is 9.38. The molecule has 43 heavy (non-hydrogen) atoms. The van der Waals surface area contributed by atoms with E-state index in [-0.39, 0.29) is 0 Å². The fourth-order valence-corrected chi connectivity index (χ4v) is 8.68. The molecule has 0 radical (unpaired) electrons. The number of allylic oxidation sites excluding steroid dienone is 1. The summed E-state index contributed by atoms with van der Waals surface area (Å²) in [6, 6.07) is 32.3. The van der Waals surface area contributed by atoms with E-state index in [1.807, 2.05) is 0 Å². The second-order valence-electron chi connectivity index (χ2n) is 12.7. The van der Waals surface area contributed by atoms with E-state index < -0.39 is 0 Å². The van der Waals surface area contributed by atoms with Gasteiger partial charge >= 0.3 is 0 Å². The van der Waals surface area contributed by atoms with Crippen LogP contribution in [-0.4, -0.2) is 12.6 Å². The molecule has 2 unspecified atom stereocenters. The Hall–Kier alpha value is -3.69. The van der Waals surface area contributed by atoms with Crippen LogP contribution in [0.25, 0.3) is 12.2 Å². The molecule has 4 aromatic carbocycles. The number of nitrogens with zero attached hydrogens (tertiary/aromatic N) is 2. The van der Waals surface area contributed by atoms with Gasteiger partial charge in [-0.15, -0.1) is 11.8 Å². The van der Waals surface area contributed by atoms with Gasteiger partial charge in [-0.1, -0.05) is 84.0 Å². The number of benzene rings is 4. The number of rotatable bonds is 6. The molecule has 0 saturated carbocycles. The minimum Gasteiger partial charge on any atom is -0.341 e. The molecule has 3 heteroatoms. The van der Waals surface area contributed by atoms with Gasteiger partial charge in [-0.05, 0) is 99.9 Å². The summed E-state index contributed by atoms with van der Waals surface area (Å²) in [5, 5.41) is 0.368. The molecule has 0 amide bonds. The Morgan fingerprint density at radius 1 is 0.814 bits per heavy atom. The third-order valence-corrected chi connectivity index (χ3v) is 10.8. The lowest BCUT2D eigenvalue weighted by atomic mass is 9.94. The zero-order valence-electron chi connectivity index (χ0n) is 25.9. The van der Waals surface area contributed by atoms with Crippen LogP contribution in [0.5, 0.6) is 0 Å². The Bertz CT molecular complexity index is 1730. The highest BCUT2D eigenvalue weighted by Crippen LogP contribution is 2.50. The number of thioether (sulfide) groups is 1. The van der Waals surface area contributed by atoms with E-state index in [1.54, 1.807) is 0 Å². The van der Waals surface area contributed by atoms with Crippen molar-refractivity contribution in [3.8, 4) is 0 Å². The maximum Gasteiger partial charge on any atom is 0.0517 e. The molecule has 4 aromatic rings. The summed E-state index contributed by atoms with van der Waals surface area (Å²) in [5.41, 5.74) is 16.8. The first-order valence-corrected chi connectivity index (χ1v) is 17.0. The second-order valence-corrected chi connectivity index (χ2v) is 13.8. The Balaban J connectivity index is 1.21. The summed E-state index contributed by atoms with van der Waals surface area (Å²) in [4.78, 5) is 5.16. The van der Waals surface area contributed by atoms with Gasteiger partial charge in [0.1, 0.15) is 0 Å². The highest BCUT2D eigenvalue weighted by atomic mass is 32.2. The summed E-state index contributed by atoms with van der Waals surface area (Å²) in [7, 11) is 0. The van der Waals surface area contributed by atoms with Crippen molar-refractivity contribution in [3.63, 3.8) is 0 Å². The van der Waals surface area contributed by atoms with Crippen LogP contribution in [-0.2, 0) is 18.6 Å². The first-order valence-electron chi connectivity index (χ1n) is 15.9. The Labute approximate surface area is 262 Å². The molecule has 2 aliphatic heterocycles. The first-order chi connectivity index (χ1) is 21.0. The maximum atomic E-state index is 2.60. The SMILES string of the molecule is CC(C)=Cc1c(CSC2C(C)=Cc3c2cccc3N2CCCc3ccccc32)cccc1N1c2ccccc2CCC1C.